The molecular formula is C9H12FNO2. The highest BCUT2D eigenvalue weighted by Crippen LogP contribution is 2.21. The van der Waals surface area contributed by atoms with Gasteiger partial charge in [-0.2, -0.15) is 0 Å². The van der Waals surface area contributed by atoms with E-state index in [2.05, 4.69) is 0 Å². The second-order valence-corrected chi connectivity index (χ2v) is 3.01. The van der Waals surface area contributed by atoms with Crippen LogP contribution in [0.3, 0.4) is 0 Å². The highest BCUT2D eigenvalue weighted by atomic mass is 19.1. The number of benzene rings is 1. The van der Waals surface area contributed by atoms with Crippen molar-refractivity contribution in [1.82, 2.24) is 0 Å². The molecule has 3 nitrogen and oxygen atoms in total. The molecule has 0 heterocycles. The van der Waals surface area contributed by atoms with Crippen LogP contribution in [0.2, 0.25) is 0 Å². The maximum absolute atomic E-state index is 12.8. The molecule has 72 valence electrons. The van der Waals surface area contributed by atoms with Gasteiger partial charge in [0.1, 0.15) is 0 Å². The van der Waals surface area contributed by atoms with Crippen molar-refractivity contribution in [2.45, 2.75) is 19.1 Å². The summed E-state index contributed by atoms with van der Waals surface area (Å²) in [6.45, 7) is 1.62. The Morgan fingerprint density at radius 1 is 1.46 bits per heavy atom. The lowest BCUT2D eigenvalue weighted by molar-refractivity contribution is 0.153. The molecule has 0 unspecified atom stereocenters. The second-order valence-electron chi connectivity index (χ2n) is 3.01. The summed E-state index contributed by atoms with van der Waals surface area (Å²) < 4.78 is 12.8. The largest absolute Gasteiger partial charge is 0.505 e. The van der Waals surface area contributed by atoms with Crippen LogP contribution in [0.5, 0.6) is 5.75 Å². The van der Waals surface area contributed by atoms with Crippen molar-refractivity contribution in [3.8, 4) is 5.75 Å². The Hall–Kier alpha value is -1.13. The third kappa shape index (κ3) is 2.17. The van der Waals surface area contributed by atoms with E-state index < -0.39 is 23.7 Å². The Labute approximate surface area is 75.6 Å². The standard InChI is InChI=1S/C9H12FNO2/c1-5(11)9(13)6-2-3-8(12)7(10)4-6/h2-5,9,12-13H,11H2,1H3/t5-,9+/m1/s1. The van der Waals surface area contributed by atoms with Gasteiger partial charge in [-0.15, -0.1) is 0 Å². The van der Waals surface area contributed by atoms with Crippen molar-refractivity contribution in [1.29, 1.82) is 0 Å². The second kappa shape index (κ2) is 3.72. The van der Waals surface area contributed by atoms with Crippen molar-refractivity contribution in [3.63, 3.8) is 0 Å². The van der Waals surface area contributed by atoms with Gasteiger partial charge >= 0.3 is 0 Å². The number of phenols is 1. The number of rotatable bonds is 2. The van der Waals surface area contributed by atoms with Crippen LogP contribution in [0.15, 0.2) is 18.2 Å². The molecule has 0 aliphatic carbocycles. The summed E-state index contributed by atoms with van der Waals surface area (Å²) in [5.74, 6) is -1.18. The third-order valence-corrected chi connectivity index (χ3v) is 1.81. The number of nitrogens with two attached hydrogens (primary N) is 1. The van der Waals surface area contributed by atoms with Crippen molar-refractivity contribution in [3.05, 3.63) is 29.6 Å². The van der Waals surface area contributed by atoms with E-state index in [4.69, 9.17) is 10.8 Å². The average molecular weight is 185 g/mol. The monoisotopic (exact) mass is 185 g/mol. The van der Waals surface area contributed by atoms with Gasteiger partial charge in [-0.1, -0.05) is 6.07 Å². The van der Waals surface area contributed by atoms with Crippen molar-refractivity contribution in [2.24, 2.45) is 5.73 Å². The van der Waals surface area contributed by atoms with Crippen LogP contribution >= 0.6 is 0 Å². The van der Waals surface area contributed by atoms with E-state index in [9.17, 15) is 9.50 Å². The Morgan fingerprint density at radius 3 is 2.54 bits per heavy atom. The zero-order chi connectivity index (χ0) is 10.0. The minimum atomic E-state index is -0.907. The van der Waals surface area contributed by atoms with Crippen molar-refractivity contribution in [2.75, 3.05) is 0 Å². The molecule has 0 bridgehead atoms. The number of aliphatic hydroxyl groups excluding tert-OH is 1. The van der Waals surface area contributed by atoms with Gasteiger partial charge in [0.05, 0.1) is 6.10 Å². The number of hydrogen-bond donors (Lipinski definition) is 3. The maximum Gasteiger partial charge on any atom is 0.165 e. The zero-order valence-electron chi connectivity index (χ0n) is 7.24. The molecule has 1 aromatic carbocycles. The molecule has 0 saturated carbocycles. The van der Waals surface area contributed by atoms with Crippen LogP contribution < -0.4 is 5.73 Å². The summed E-state index contributed by atoms with van der Waals surface area (Å²) in [6, 6.07) is 3.23. The number of aliphatic hydroxyl groups is 1. The minimum absolute atomic E-state index is 0.366. The van der Waals surface area contributed by atoms with E-state index >= 15 is 0 Å². The van der Waals surface area contributed by atoms with Crippen LogP contribution in [-0.2, 0) is 0 Å². The van der Waals surface area contributed by atoms with Gasteiger partial charge in [0, 0.05) is 6.04 Å². The summed E-state index contributed by atoms with van der Waals surface area (Å²) in [7, 11) is 0. The van der Waals surface area contributed by atoms with Gasteiger partial charge in [-0.25, -0.2) is 4.39 Å². The van der Waals surface area contributed by atoms with Crippen molar-refractivity contribution < 1.29 is 14.6 Å². The number of aromatic hydroxyl groups is 1. The molecule has 0 fully saturated rings. The fourth-order valence-electron chi connectivity index (χ4n) is 1.01. The van der Waals surface area contributed by atoms with Gasteiger partial charge in [-0.05, 0) is 24.6 Å². The van der Waals surface area contributed by atoms with Gasteiger partial charge in [-0.3, -0.25) is 0 Å². The molecule has 0 aliphatic rings. The minimum Gasteiger partial charge on any atom is -0.505 e. The molecular weight excluding hydrogens is 173 g/mol. The Bertz CT molecular complexity index is 302. The van der Waals surface area contributed by atoms with E-state index in [0.29, 0.717) is 5.56 Å². The summed E-state index contributed by atoms with van der Waals surface area (Å²) in [4.78, 5) is 0. The highest BCUT2D eigenvalue weighted by molar-refractivity contribution is 5.29. The van der Waals surface area contributed by atoms with Gasteiger partial charge in [0.25, 0.3) is 0 Å². The van der Waals surface area contributed by atoms with E-state index in [1.54, 1.807) is 6.92 Å². The van der Waals surface area contributed by atoms with Gasteiger partial charge in [0.15, 0.2) is 11.6 Å². The molecule has 0 radical (unpaired) electrons. The molecule has 2 atom stereocenters. The van der Waals surface area contributed by atoms with Crippen molar-refractivity contribution >= 4 is 0 Å². The predicted molar refractivity (Wildman–Crippen MR) is 46.7 cm³/mol. The van der Waals surface area contributed by atoms with E-state index in [1.807, 2.05) is 0 Å². The first-order valence-electron chi connectivity index (χ1n) is 3.94. The Balaban J connectivity index is 2.97. The van der Waals surface area contributed by atoms with E-state index in [-0.39, 0.29) is 0 Å². The van der Waals surface area contributed by atoms with Crippen LogP contribution in [0.25, 0.3) is 0 Å². The van der Waals surface area contributed by atoms with Crippen LogP contribution in [0.1, 0.15) is 18.6 Å². The van der Waals surface area contributed by atoms with Crippen LogP contribution in [-0.4, -0.2) is 16.3 Å². The quantitative estimate of drug-likeness (QED) is 0.641. The number of hydrogen-bond acceptors (Lipinski definition) is 3. The highest BCUT2D eigenvalue weighted by Gasteiger charge is 2.13. The van der Waals surface area contributed by atoms with Crippen LogP contribution in [0.4, 0.5) is 4.39 Å². The smallest absolute Gasteiger partial charge is 0.165 e. The summed E-state index contributed by atoms with van der Waals surface area (Å²) in [5.41, 5.74) is 5.79. The Morgan fingerprint density at radius 2 is 2.08 bits per heavy atom. The topological polar surface area (TPSA) is 66.5 Å². The predicted octanol–water partition coefficient (Wildman–Crippen LogP) is 0.912. The Kier molecular flexibility index (Phi) is 2.85. The van der Waals surface area contributed by atoms with Gasteiger partial charge in [0.2, 0.25) is 0 Å². The first-order chi connectivity index (χ1) is 6.02. The normalized spacial score (nSPS) is 15.4. The molecule has 0 spiro atoms. The van der Waals surface area contributed by atoms with Gasteiger partial charge < -0.3 is 15.9 Å². The number of phenolic OH excluding ortho intramolecular Hbond substituents is 1. The first-order valence-corrected chi connectivity index (χ1v) is 3.94. The molecule has 0 amide bonds. The average Bonchev–Trinajstić information content (AvgIpc) is 2.08. The summed E-state index contributed by atoms with van der Waals surface area (Å²) in [5, 5.41) is 18.3. The molecule has 13 heavy (non-hydrogen) atoms. The molecule has 0 aromatic heterocycles. The van der Waals surface area contributed by atoms with E-state index in [1.165, 1.54) is 12.1 Å². The summed E-state index contributed by atoms with van der Waals surface area (Å²) in [6.07, 6.45) is -0.907. The molecule has 0 aliphatic heterocycles. The fourth-order valence-corrected chi connectivity index (χ4v) is 1.01. The first kappa shape index (κ1) is 9.95. The lowest BCUT2D eigenvalue weighted by Gasteiger charge is -2.14. The molecule has 1 rings (SSSR count). The lowest BCUT2D eigenvalue weighted by atomic mass is 10.0. The number of halogens is 1. The lowest BCUT2D eigenvalue weighted by Crippen LogP contribution is -2.24. The SMILES string of the molecule is C[C@@H](N)[C@H](O)c1ccc(O)c(F)c1. The fraction of sp³-hybridized carbons (Fsp3) is 0.333. The maximum atomic E-state index is 12.8. The molecule has 4 heteroatoms. The van der Waals surface area contributed by atoms with E-state index in [0.717, 1.165) is 6.07 Å². The molecule has 1 aromatic rings. The third-order valence-electron chi connectivity index (χ3n) is 1.81. The zero-order valence-corrected chi connectivity index (χ0v) is 7.24. The molecule has 0 saturated heterocycles. The van der Waals surface area contributed by atoms with Crippen LogP contribution in [0, 0.1) is 5.82 Å². The summed E-state index contributed by atoms with van der Waals surface area (Å²) >= 11 is 0. The molecule has 4 N–H and O–H groups in total.